The van der Waals surface area contributed by atoms with E-state index in [4.69, 9.17) is 10.5 Å². The highest BCUT2D eigenvalue weighted by molar-refractivity contribution is 5.95. The first kappa shape index (κ1) is 15.3. The third-order valence-corrected chi connectivity index (χ3v) is 2.85. The Hall–Kier alpha value is -1.78. The summed E-state index contributed by atoms with van der Waals surface area (Å²) in [6.07, 6.45) is 7.27. The molecule has 5 nitrogen and oxygen atoms in total. The Morgan fingerprint density at radius 1 is 1.32 bits per heavy atom. The van der Waals surface area contributed by atoms with Crippen LogP contribution < -0.4 is 10.5 Å². The number of carbonyl (C=O) groups excluding carboxylic acids is 1. The second-order valence-corrected chi connectivity index (χ2v) is 4.33. The lowest BCUT2D eigenvalue weighted by Gasteiger charge is -2.10. The van der Waals surface area contributed by atoms with Gasteiger partial charge in [-0.05, 0) is 12.5 Å². The molecule has 0 unspecified atom stereocenters. The maximum absolute atomic E-state index is 11.4. The van der Waals surface area contributed by atoms with Gasteiger partial charge in [-0.25, -0.2) is 9.78 Å². The van der Waals surface area contributed by atoms with Gasteiger partial charge in [-0.3, -0.25) is 0 Å². The van der Waals surface area contributed by atoms with E-state index in [1.54, 1.807) is 0 Å². The highest BCUT2D eigenvalue weighted by Crippen LogP contribution is 2.23. The number of nitrogens with two attached hydrogens (primary N) is 1. The molecule has 2 N–H and O–H groups in total. The fourth-order valence-corrected chi connectivity index (χ4v) is 1.73. The van der Waals surface area contributed by atoms with Crippen LogP contribution in [0.1, 0.15) is 49.4 Å². The molecule has 0 amide bonds. The highest BCUT2D eigenvalue weighted by atomic mass is 16.5. The summed E-state index contributed by atoms with van der Waals surface area (Å²) < 4.78 is 10.1. The number of rotatable bonds is 8. The maximum atomic E-state index is 11.4. The average molecular weight is 266 g/mol. The molecule has 106 valence electrons. The number of hydrogen-bond donors (Lipinski definition) is 1. The SMILES string of the molecule is CCCCCCCOc1nccc(C(=O)OC)c1N. The summed E-state index contributed by atoms with van der Waals surface area (Å²) in [6.45, 7) is 2.74. The lowest BCUT2D eigenvalue weighted by atomic mass is 10.2. The molecule has 1 rings (SSSR count). The molecule has 0 saturated heterocycles. The molecular weight excluding hydrogens is 244 g/mol. The number of pyridine rings is 1. The van der Waals surface area contributed by atoms with Crippen LogP contribution in [0.2, 0.25) is 0 Å². The summed E-state index contributed by atoms with van der Waals surface area (Å²) in [5.41, 5.74) is 6.36. The highest BCUT2D eigenvalue weighted by Gasteiger charge is 2.14. The number of nitrogens with zero attached hydrogens (tertiary/aromatic N) is 1. The fraction of sp³-hybridized carbons (Fsp3) is 0.571. The number of nitrogen functional groups attached to an aromatic ring is 1. The van der Waals surface area contributed by atoms with Gasteiger partial charge in [0, 0.05) is 6.20 Å². The second-order valence-electron chi connectivity index (χ2n) is 4.33. The standard InChI is InChI=1S/C14H22N2O3/c1-3-4-5-6-7-10-19-13-12(15)11(8-9-16-13)14(17)18-2/h8-9H,3-7,10,15H2,1-2H3. The lowest BCUT2D eigenvalue weighted by molar-refractivity contribution is 0.0601. The van der Waals surface area contributed by atoms with E-state index in [1.807, 2.05) is 0 Å². The minimum atomic E-state index is -0.479. The van der Waals surface area contributed by atoms with Crippen molar-refractivity contribution in [2.75, 3.05) is 19.5 Å². The third kappa shape index (κ3) is 4.77. The van der Waals surface area contributed by atoms with Crippen molar-refractivity contribution in [3.63, 3.8) is 0 Å². The lowest BCUT2D eigenvalue weighted by Crippen LogP contribution is -2.09. The minimum absolute atomic E-state index is 0.239. The topological polar surface area (TPSA) is 74.4 Å². The van der Waals surface area contributed by atoms with Crippen molar-refractivity contribution >= 4 is 11.7 Å². The van der Waals surface area contributed by atoms with Crippen LogP contribution in [0, 0.1) is 0 Å². The number of aromatic nitrogens is 1. The summed E-state index contributed by atoms with van der Waals surface area (Å²) in [7, 11) is 1.32. The van der Waals surface area contributed by atoms with E-state index in [0.29, 0.717) is 18.1 Å². The van der Waals surface area contributed by atoms with E-state index in [9.17, 15) is 4.79 Å². The van der Waals surface area contributed by atoms with Crippen molar-refractivity contribution < 1.29 is 14.3 Å². The van der Waals surface area contributed by atoms with Crippen LogP contribution in [-0.2, 0) is 4.74 Å². The zero-order valence-corrected chi connectivity index (χ0v) is 11.6. The van der Waals surface area contributed by atoms with Crippen LogP contribution in [0.15, 0.2) is 12.3 Å². The van der Waals surface area contributed by atoms with Gasteiger partial charge in [-0.15, -0.1) is 0 Å². The van der Waals surface area contributed by atoms with Crippen LogP contribution in [0.4, 0.5) is 5.69 Å². The summed E-state index contributed by atoms with van der Waals surface area (Å²) in [6, 6.07) is 1.52. The van der Waals surface area contributed by atoms with Gasteiger partial charge in [0.15, 0.2) is 0 Å². The normalized spacial score (nSPS) is 10.2. The van der Waals surface area contributed by atoms with Crippen LogP contribution in [-0.4, -0.2) is 24.7 Å². The Morgan fingerprint density at radius 3 is 2.74 bits per heavy atom. The first-order valence-corrected chi connectivity index (χ1v) is 6.66. The van der Waals surface area contributed by atoms with E-state index in [1.165, 1.54) is 38.6 Å². The van der Waals surface area contributed by atoms with Crippen LogP contribution in [0.25, 0.3) is 0 Å². The van der Waals surface area contributed by atoms with E-state index in [0.717, 1.165) is 12.8 Å². The second kappa shape index (κ2) is 8.34. The average Bonchev–Trinajstić information content (AvgIpc) is 2.43. The van der Waals surface area contributed by atoms with Gasteiger partial charge < -0.3 is 15.2 Å². The van der Waals surface area contributed by atoms with Crippen LogP contribution >= 0.6 is 0 Å². The number of anilines is 1. The van der Waals surface area contributed by atoms with Gasteiger partial charge in [0.25, 0.3) is 0 Å². The molecule has 19 heavy (non-hydrogen) atoms. The van der Waals surface area contributed by atoms with Crippen molar-refractivity contribution in [1.29, 1.82) is 0 Å². The Morgan fingerprint density at radius 2 is 2.05 bits per heavy atom. The molecule has 0 radical (unpaired) electrons. The summed E-state index contributed by atoms with van der Waals surface area (Å²) in [4.78, 5) is 15.5. The number of unbranched alkanes of at least 4 members (excludes halogenated alkanes) is 4. The molecule has 0 saturated carbocycles. The van der Waals surface area contributed by atoms with Gasteiger partial charge in [0.1, 0.15) is 5.69 Å². The zero-order chi connectivity index (χ0) is 14.1. The molecule has 5 heteroatoms. The van der Waals surface area contributed by atoms with Gasteiger partial charge >= 0.3 is 5.97 Å². The van der Waals surface area contributed by atoms with Gasteiger partial charge in [0.2, 0.25) is 5.88 Å². The number of ether oxygens (including phenoxy) is 2. The van der Waals surface area contributed by atoms with Crippen molar-refractivity contribution in [3.8, 4) is 5.88 Å². The third-order valence-electron chi connectivity index (χ3n) is 2.85. The van der Waals surface area contributed by atoms with E-state index in [-0.39, 0.29) is 5.69 Å². The summed E-state index contributed by atoms with van der Waals surface area (Å²) in [5, 5.41) is 0. The molecular formula is C14H22N2O3. The predicted octanol–water partition coefficient (Wildman–Crippen LogP) is 2.80. The van der Waals surface area contributed by atoms with Crippen LogP contribution in [0.3, 0.4) is 0 Å². The number of esters is 1. The molecule has 1 heterocycles. The molecule has 0 bridgehead atoms. The van der Waals surface area contributed by atoms with E-state index >= 15 is 0 Å². The molecule has 0 fully saturated rings. The Kier molecular flexibility index (Phi) is 6.71. The molecule has 0 aliphatic heterocycles. The van der Waals surface area contributed by atoms with Crippen molar-refractivity contribution in [2.24, 2.45) is 0 Å². The Balaban J connectivity index is 2.48. The minimum Gasteiger partial charge on any atom is -0.476 e. The molecule has 1 aromatic rings. The van der Waals surface area contributed by atoms with Crippen molar-refractivity contribution in [2.45, 2.75) is 39.0 Å². The molecule has 0 aliphatic rings. The van der Waals surface area contributed by atoms with Gasteiger partial charge in [0.05, 0.1) is 19.3 Å². The fourth-order valence-electron chi connectivity index (χ4n) is 1.73. The first-order chi connectivity index (χ1) is 9.20. The molecule has 0 spiro atoms. The molecule has 0 aliphatic carbocycles. The predicted molar refractivity (Wildman–Crippen MR) is 74.2 cm³/mol. The van der Waals surface area contributed by atoms with E-state index in [2.05, 4.69) is 16.6 Å². The van der Waals surface area contributed by atoms with Crippen LogP contribution in [0.5, 0.6) is 5.88 Å². The quantitative estimate of drug-likeness (QED) is 0.578. The van der Waals surface area contributed by atoms with Gasteiger partial charge in [-0.2, -0.15) is 0 Å². The smallest absolute Gasteiger partial charge is 0.340 e. The zero-order valence-electron chi connectivity index (χ0n) is 11.6. The Bertz CT molecular complexity index is 408. The summed E-state index contributed by atoms with van der Waals surface area (Å²) >= 11 is 0. The van der Waals surface area contributed by atoms with Crippen molar-refractivity contribution in [1.82, 2.24) is 4.98 Å². The monoisotopic (exact) mass is 266 g/mol. The Labute approximate surface area is 114 Å². The molecule has 0 atom stereocenters. The number of hydrogen-bond acceptors (Lipinski definition) is 5. The largest absolute Gasteiger partial charge is 0.476 e. The number of carbonyl (C=O) groups is 1. The molecule has 1 aromatic heterocycles. The number of methoxy groups -OCH3 is 1. The van der Waals surface area contributed by atoms with E-state index < -0.39 is 5.97 Å². The molecule has 0 aromatic carbocycles. The van der Waals surface area contributed by atoms with Gasteiger partial charge in [-0.1, -0.05) is 32.6 Å². The first-order valence-electron chi connectivity index (χ1n) is 6.66. The summed E-state index contributed by atoms with van der Waals surface area (Å²) in [5.74, 6) is -0.175. The van der Waals surface area contributed by atoms with Crippen molar-refractivity contribution in [3.05, 3.63) is 17.8 Å². The maximum Gasteiger partial charge on any atom is 0.340 e.